The minimum atomic E-state index is -0.268. The summed E-state index contributed by atoms with van der Waals surface area (Å²) in [4.78, 5) is 13.0. The summed E-state index contributed by atoms with van der Waals surface area (Å²) in [6.45, 7) is -0.0561. The number of aliphatic hydroxyl groups is 1. The lowest BCUT2D eigenvalue weighted by molar-refractivity contribution is 0.276. The van der Waals surface area contributed by atoms with E-state index in [0.717, 1.165) is 16.6 Å². The Balaban J connectivity index is 1.69. The monoisotopic (exact) mass is 346 g/mol. The van der Waals surface area contributed by atoms with Crippen LogP contribution in [0, 0.1) is 0 Å². The van der Waals surface area contributed by atoms with Gasteiger partial charge in [-0.05, 0) is 17.7 Å². The molecule has 0 aliphatic heterocycles. The van der Waals surface area contributed by atoms with Crippen LogP contribution in [0.25, 0.3) is 16.9 Å². The highest BCUT2D eigenvalue weighted by Crippen LogP contribution is 2.24. The van der Waals surface area contributed by atoms with Crippen molar-refractivity contribution in [2.45, 2.75) is 6.04 Å². The van der Waals surface area contributed by atoms with Crippen LogP contribution in [0.15, 0.2) is 67.0 Å². The van der Waals surface area contributed by atoms with Gasteiger partial charge in [-0.2, -0.15) is 0 Å². The van der Waals surface area contributed by atoms with Crippen molar-refractivity contribution in [1.29, 1.82) is 0 Å². The normalized spacial score (nSPS) is 12.2. The van der Waals surface area contributed by atoms with Crippen molar-refractivity contribution >= 4 is 22.8 Å². The van der Waals surface area contributed by atoms with Crippen molar-refractivity contribution in [1.82, 2.24) is 19.5 Å². The second-order valence-electron chi connectivity index (χ2n) is 5.85. The zero-order valence-electron chi connectivity index (χ0n) is 13.9. The molecule has 4 aromatic rings. The van der Waals surface area contributed by atoms with Crippen LogP contribution in [0.2, 0.25) is 0 Å². The Morgan fingerprint density at radius 2 is 1.81 bits per heavy atom. The maximum Gasteiger partial charge on any atom is 0.207 e. The summed E-state index contributed by atoms with van der Waals surface area (Å²) in [6, 6.07) is 18.9. The molecule has 0 saturated heterocycles. The lowest BCUT2D eigenvalue weighted by atomic mass is 10.1. The fraction of sp³-hybridized carbons (Fsp3) is 0.105. The number of nitrogen functional groups attached to an aromatic ring is 1. The average Bonchev–Trinajstić information content (AvgIpc) is 3.02. The van der Waals surface area contributed by atoms with Gasteiger partial charge in [-0.25, -0.2) is 15.0 Å². The van der Waals surface area contributed by atoms with E-state index >= 15 is 0 Å². The van der Waals surface area contributed by atoms with Gasteiger partial charge in [-0.15, -0.1) is 0 Å². The summed E-state index contributed by atoms with van der Waals surface area (Å²) in [7, 11) is 0. The molecule has 7 nitrogen and oxygen atoms in total. The van der Waals surface area contributed by atoms with Crippen molar-refractivity contribution in [2.24, 2.45) is 0 Å². The number of rotatable bonds is 5. The van der Waals surface area contributed by atoms with Gasteiger partial charge >= 0.3 is 0 Å². The molecule has 1 atom stereocenters. The molecule has 0 aliphatic carbocycles. The topological polar surface area (TPSA) is 102 Å². The summed E-state index contributed by atoms with van der Waals surface area (Å²) < 4.78 is 1.78. The predicted molar refractivity (Wildman–Crippen MR) is 101 cm³/mol. The van der Waals surface area contributed by atoms with Crippen LogP contribution in [-0.4, -0.2) is 31.2 Å². The fourth-order valence-electron chi connectivity index (χ4n) is 2.93. The van der Waals surface area contributed by atoms with Crippen molar-refractivity contribution in [2.75, 3.05) is 17.7 Å². The molecule has 2 aromatic carbocycles. The van der Waals surface area contributed by atoms with E-state index in [1.807, 2.05) is 54.6 Å². The lowest BCUT2D eigenvalue weighted by Gasteiger charge is -2.17. The van der Waals surface area contributed by atoms with Crippen LogP contribution < -0.4 is 11.1 Å². The number of nitrogens with one attached hydrogen (secondary N) is 1. The van der Waals surface area contributed by atoms with Gasteiger partial charge in [0.15, 0.2) is 0 Å². The van der Waals surface area contributed by atoms with Gasteiger partial charge in [0, 0.05) is 6.07 Å². The molecule has 4 rings (SSSR count). The quantitative estimate of drug-likeness (QED) is 0.513. The zero-order valence-corrected chi connectivity index (χ0v) is 13.9. The Morgan fingerprint density at radius 1 is 1.04 bits per heavy atom. The minimum absolute atomic E-state index is 0.0561. The smallest absolute Gasteiger partial charge is 0.207 e. The van der Waals surface area contributed by atoms with Crippen molar-refractivity contribution in [3.05, 3.63) is 72.6 Å². The molecule has 0 amide bonds. The van der Waals surface area contributed by atoms with E-state index in [4.69, 9.17) is 5.73 Å². The van der Waals surface area contributed by atoms with Crippen molar-refractivity contribution in [3.63, 3.8) is 0 Å². The van der Waals surface area contributed by atoms with E-state index in [2.05, 4.69) is 20.3 Å². The molecular weight excluding hydrogens is 328 g/mol. The number of aliphatic hydroxyl groups excluding tert-OH is 1. The van der Waals surface area contributed by atoms with Gasteiger partial charge in [0.2, 0.25) is 5.95 Å². The van der Waals surface area contributed by atoms with Gasteiger partial charge in [0.1, 0.15) is 18.0 Å². The van der Waals surface area contributed by atoms with E-state index in [-0.39, 0.29) is 12.6 Å². The highest BCUT2D eigenvalue weighted by Gasteiger charge is 2.14. The summed E-state index contributed by atoms with van der Waals surface area (Å²) in [5.74, 6) is 1.56. The Kier molecular flexibility index (Phi) is 4.20. The Hall–Kier alpha value is -3.45. The predicted octanol–water partition coefficient (Wildman–Crippen LogP) is 2.54. The van der Waals surface area contributed by atoms with Crippen LogP contribution in [-0.2, 0) is 0 Å². The number of imidazole rings is 1. The fourth-order valence-corrected chi connectivity index (χ4v) is 2.93. The average molecular weight is 346 g/mol. The molecule has 26 heavy (non-hydrogen) atoms. The second kappa shape index (κ2) is 6.81. The van der Waals surface area contributed by atoms with Crippen molar-refractivity contribution < 1.29 is 5.11 Å². The number of nitrogens with two attached hydrogens (primary N) is 1. The number of aromatic nitrogens is 4. The molecule has 7 heteroatoms. The minimum Gasteiger partial charge on any atom is -0.394 e. The van der Waals surface area contributed by atoms with Crippen LogP contribution in [0.1, 0.15) is 11.6 Å². The number of nitrogens with zero attached hydrogens (tertiary/aromatic N) is 4. The Labute approximate surface area is 150 Å². The number of hydrogen-bond donors (Lipinski definition) is 3. The third-order valence-corrected chi connectivity index (χ3v) is 4.18. The standard InChI is InChI=1S/C19H18N6O/c20-19-24-14-8-4-5-9-16(14)25(19)18-10-17(21-12-22-18)23-15(11-26)13-6-2-1-3-7-13/h1-10,12,15,26H,11H2,(H2,20,24)(H,21,22,23). The van der Waals surface area contributed by atoms with Crippen molar-refractivity contribution in [3.8, 4) is 5.82 Å². The van der Waals surface area contributed by atoms with E-state index in [1.165, 1.54) is 6.33 Å². The largest absolute Gasteiger partial charge is 0.394 e. The number of para-hydroxylation sites is 2. The third-order valence-electron chi connectivity index (χ3n) is 4.18. The van der Waals surface area contributed by atoms with Gasteiger partial charge in [0.25, 0.3) is 0 Å². The molecule has 0 aliphatic rings. The van der Waals surface area contributed by atoms with Crippen LogP contribution >= 0.6 is 0 Å². The maximum absolute atomic E-state index is 9.74. The Morgan fingerprint density at radius 3 is 2.62 bits per heavy atom. The molecular formula is C19H18N6O. The van der Waals surface area contributed by atoms with E-state index in [1.54, 1.807) is 10.6 Å². The summed E-state index contributed by atoms with van der Waals surface area (Å²) in [5, 5.41) is 13.0. The van der Waals surface area contributed by atoms with Crippen LogP contribution in [0.5, 0.6) is 0 Å². The highest BCUT2D eigenvalue weighted by atomic mass is 16.3. The maximum atomic E-state index is 9.74. The highest BCUT2D eigenvalue weighted by molar-refractivity contribution is 5.80. The summed E-state index contributed by atoms with van der Waals surface area (Å²) >= 11 is 0. The van der Waals surface area contributed by atoms with Crippen LogP contribution in [0.3, 0.4) is 0 Å². The van der Waals surface area contributed by atoms with E-state index < -0.39 is 0 Å². The second-order valence-corrected chi connectivity index (χ2v) is 5.85. The third kappa shape index (κ3) is 2.96. The van der Waals surface area contributed by atoms with Gasteiger partial charge < -0.3 is 16.2 Å². The molecule has 0 bridgehead atoms. The first-order valence-corrected chi connectivity index (χ1v) is 8.24. The molecule has 0 spiro atoms. The molecule has 130 valence electrons. The van der Waals surface area contributed by atoms with Crippen LogP contribution in [0.4, 0.5) is 11.8 Å². The number of anilines is 2. The molecule has 4 N–H and O–H groups in total. The molecule has 0 fully saturated rings. The van der Waals surface area contributed by atoms with Gasteiger partial charge in [0.05, 0.1) is 23.7 Å². The Bertz CT molecular complexity index is 1030. The molecule has 0 radical (unpaired) electrons. The van der Waals surface area contributed by atoms with Gasteiger partial charge in [-0.3, -0.25) is 4.57 Å². The molecule has 2 heterocycles. The van der Waals surface area contributed by atoms with Gasteiger partial charge in [-0.1, -0.05) is 42.5 Å². The molecule has 2 aromatic heterocycles. The van der Waals surface area contributed by atoms with E-state index in [0.29, 0.717) is 17.6 Å². The summed E-state index contributed by atoms with van der Waals surface area (Å²) in [6.07, 6.45) is 1.46. The first kappa shape index (κ1) is 16.0. The van der Waals surface area contributed by atoms with E-state index in [9.17, 15) is 5.11 Å². The zero-order chi connectivity index (χ0) is 17.9. The lowest BCUT2D eigenvalue weighted by Crippen LogP contribution is -2.16. The first-order chi connectivity index (χ1) is 12.8. The molecule has 0 saturated carbocycles. The number of benzene rings is 2. The number of hydrogen-bond acceptors (Lipinski definition) is 6. The molecule has 1 unspecified atom stereocenters. The summed E-state index contributed by atoms with van der Waals surface area (Å²) in [5.41, 5.74) is 8.73. The first-order valence-electron chi connectivity index (χ1n) is 8.24. The number of fused-ring (bicyclic) bond motifs is 1. The SMILES string of the molecule is Nc1nc2ccccc2n1-c1cc(NC(CO)c2ccccc2)ncn1.